The van der Waals surface area contributed by atoms with Gasteiger partial charge >= 0.3 is 13.3 Å². The van der Waals surface area contributed by atoms with Crippen LogP contribution in [0.2, 0.25) is 18.1 Å². The lowest BCUT2D eigenvalue weighted by Gasteiger charge is -2.40. The third-order valence-electron chi connectivity index (χ3n) is 6.21. The first kappa shape index (κ1) is 26.9. The molecule has 0 aliphatic carbocycles. The molecular weight excluding hydrogens is 451 g/mol. The zero-order valence-electron chi connectivity index (χ0n) is 20.1. The predicted molar refractivity (Wildman–Crippen MR) is 126 cm³/mol. The van der Waals surface area contributed by atoms with Gasteiger partial charge < -0.3 is 13.9 Å². The summed E-state index contributed by atoms with van der Waals surface area (Å²) in [5, 5.41) is -0.117. The first-order valence-corrected chi connectivity index (χ1v) is 15.3. The van der Waals surface area contributed by atoms with Crippen molar-refractivity contribution in [3.8, 4) is 0 Å². The Labute approximate surface area is 191 Å². The zero-order chi connectivity index (χ0) is 24.4. The lowest BCUT2D eigenvalue weighted by atomic mass is 10.2. The maximum Gasteiger partial charge on any atom is 0.397 e. The lowest BCUT2D eigenvalue weighted by Crippen LogP contribution is -2.43. The second-order valence-corrected chi connectivity index (χ2v) is 16.5. The first-order valence-electron chi connectivity index (χ1n) is 10.8. The molecule has 0 spiro atoms. The Bertz CT molecular complexity index is 922. The van der Waals surface area contributed by atoms with Gasteiger partial charge in [-0.25, -0.2) is 0 Å². The Morgan fingerprint density at radius 2 is 1.59 bits per heavy atom. The van der Waals surface area contributed by atoms with E-state index in [1.807, 2.05) is 30.5 Å². The molecule has 5 nitrogen and oxygen atoms in total. The molecule has 0 aliphatic heterocycles. The Kier molecular flexibility index (Phi) is 8.33. The minimum Gasteiger partial charge on any atom is -0.397 e. The van der Waals surface area contributed by atoms with Crippen molar-refractivity contribution in [3.05, 3.63) is 59.4 Å². The quantitative estimate of drug-likeness (QED) is 0.280. The van der Waals surface area contributed by atoms with Gasteiger partial charge in [0.2, 0.25) is 0 Å². The van der Waals surface area contributed by atoms with E-state index in [1.165, 1.54) is 0 Å². The van der Waals surface area contributed by atoms with Crippen LogP contribution in [0, 0.1) is 13.8 Å². The van der Waals surface area contributed by atoms with Gasteiger partial charge in [0.15, 0.2) is 8.32 Å². The molecule has 2 unspecified atom stereocenters. The number of aryl methyl sites for hydroxylation is 2. The van der Waals surface area contributed by atoms with Crippen molar-refractivity contribution in [1.82, 2.24) is 4.57 Å². The molecule has 2 aromatic rings. The maximum atomic E-state index is 14.9. The van der Waals surface area contributed by atoms with E-state index in [9.17, 15) is 18.2 Å². The Morgan fingerprint density at radius 3 is 2.09 bits per heavy atom. The molecular formula is C23H36F2NO4PSi. The summed E-state index contributed by atoms with van der Waals surface area (Å²) in [5.41, 5.74) is -1.56. The predicted octanol–water partition coefficient (Wildman–Crippen LogP) is 7.40. The molecule has 0 bridgehead atoms. The van der Waals surface area contributed by atoms with E-state index < -0.39 is 34.2 Å². The molecule has 1 N–H and O–H groups in total. The molecule has 9 heteroatoms. The lowest BCUT2D eigenvalue weighted by molar-refractivity contribution is 0.0126. The van der Waals surface area contributed by atoms with E-state index in [0.717, 1.165) is 11.4 Å². The van der Waals surface area contributed by atoms with Crippen LogP contribution in [0.25, 0.3) is 0 Å². The summed E-state index contributed by atoms with van der Waals surface area (Å²) in [6.45, 7) is 13.8. The smallest absolute Gasteiger partial charge is 0.397 e. The number of halogens is 2. The van der Waals surface area contributed by atoms with E-state index in [2.05, 4.69) is 33.9 Å². The Balaban J connectivity index is 2.20. The van der Waals surface area contributed by atoms with Crippen molar-refractivity contribution in [2.75, 3.05) is 0 Å². The molecule has 0 amide bonds. The zero-order valence-corrected chi connectivity index (χ0v) is 22.0. The average molecular weight is 488 g/mol. The molecule has 32 heavy (non-hydrogen) atoms. The fraction of sp³-hybridized carbons (Fsp3) is 0.565. The molecule has 1 aromatic heterocycles. The van der Waals surface area contributed by atoms with E-state index >= 15 is 0 Å². The van der Waals surface area contributed by atoms with E-state index in [-0.39, 0.29) is 18.1 Å². The number of hydrogen-bond donors (Lipinski definition) is 1. The van der Waals surface area contributed by atoms with Crippen molar-refractivity contribution in [2.45, 2.75) is 84.1 Å². The van der Waals surface area contributed by atoms with Crippen LogP contribution in [0.3, 0.4) is 0 Å². The molecule has 2 rings (SSSR count). The van der Waals surface area contributed by atoms with Crippen molar-refractivity contribution in [2.24, 2.45) is 0 Å². The number of hydrogen-bond acceptors (Lipinski definition) is 3. The van der Waals surface area contributed by atoms with Crippen molar-refractivity contribution in [1.29, 1.82) is 0 Å². The first-order chi connectivity index (χ1) is 14.6. The summed E-state index contributed by atoms with van der Waals surface area (Å²) in [5.74, 6) is 0. The highest BCUT2D eigenvalue weighted by atomic mass is 31.2. The molecule has 1 aromatic carbocycles. The van der Waals surface area contributed by atoms with Crippen molar-refractivity contribution < 1.29 is 27.2 Å². The van der Waals surface area contributed by atoms with Gasteiger partial charge in [0, 0.05) is 17.8 Å². The minimum atomic E-state index is -5.19. The van der Waals surface area contributed by atoms with Crippen LogP contribution >= 0.6 is 7.60 Å². The van der Waals surface area contributed by atoms with E-state index in [4.69, 9.17) is 8.95 Å². The standard InChI is InChI=1S/C23H36F2NO4PSi/c1-18-13-14-19(2)26(18)21(30-32(6,7)22(3,4)5)15-16-23(24,25)31(27,28)29-17-20-11-9-8-10-12-20/h8-14,21H,15-17H2,1-7H3,(H,27,28). The molecule has 180 valence electrons. The van der Waals surface area contributed by atoms with Crippen molar-refractivity contribution >= 4 is 15.9 Å². The van der Waals surface area contributed by atoms with Gasteiger partial charge in [0.1, 0.15) is 6.23 Å². The van der Waals surface area contributed by atoms with Gasteiger partial charge in [-0.15, -0.1) is 0 Å². The van der Waals surface area contributed by atoms with Crippen LogP contribution in [0.1, 0.15) is 56.8 Å². The number of alkyl halides is 2. The largest absolute Gasteiger partial charge is 0.397 e. The van der Waals surface area contributed by atoms with Gasteiger partial charge in [0.25, 0.3) is 0 Å². The number of nitrogens with zero attached hydrogens (tertiary/aromatic N) is 1. The van der Waals surface area contributed by atoms with Gasteiger partial charge in [-0.3, -0.25) is 9.09 Å². The van der Waals surface area contributed by atoms with Crippen molar-refractivity contribution in [3.63, 3.8) is 0 Å². The Morgan fingerprint density at radius 1 is 1.06 bits per heavy atom. The molecule has 2 atom stereocenters. The number of aromatic nitrogens is 1. The van der Waals surface area contributed by atoms with Crippen LogP contribution < -0.4 is 0 Å². The second kappa shape index (κ2) is 9.90. The number of rotatable bonds is 10. The summed E-state index contributed by atoms with van der Waals surface area (Å²) in [7, 11) is -7.49. The van der Waals surface area contributed by atoms with Gasteiger partial charge in [0.05, 0.1) is 6.61 Å². The van der Waals surface area contributed by atoms with Gasteiger partial charge in [-0.1, -0.05) is 51.1 Å². The molecule has 0 aliphatic rings. The minimum absolute atomic E-state index is 0.116. The van der Waals surface area contributed by atoms with E-state index in [1.54, 1.807) is 30.3 Å². The SMILES string of the molecule is Cc1ccc(C)n1C(CCC(F)(F)P(=O)(O)OCc1ccccc1)O[Si](C)(C)C(C)(C)C. The molecule has 0 fully saturated rings. The summed E-state index contributed by atoms with van der Waals surface area (Å²) in [6.07, 6.45) is -1.60. The highest BCUT2D eigenvalue weighted by Gasteiger charge is 2.51. The third-order valence-corrected chi connectivity index (χ3v) is 12.2. The third kappa shape index (κ3) is 6.38. The average Bonchev–Trinajstić information content (AvgIpc) is 3.01. The summed E-state index contributed by atoms with van der Waals surface area (Å²) in [4.78, 5) is 10.1. The highest BCUT2D eigenvalue weighted by molar-refractivity contribution is 7.54. The highest BCUT2D eigenvalue weighted by Crippen LogP contribution is 2.60. The van der Waals surface area contributed by atoms with Crippen LogP contribution in [-0.2, 0) is 20.1 Å². The van der Waals surface area contributed by atoms with Crippen LogP contribution in [0.5, 0.6) is 0 Å². The fourth-order valence-electron chi connectivity index (χ4n) is 3.16. The fourth-order valence-corrected chi connectivity index (χ4v) is 5.34. The van der Waals surface area contributed by atoms with Gasteiger partial charge in [-0.2, -0.15) is 8.78 Å². The molecule has 0 saturated heterocycles. The molecule has 0 radical (unpaired) electrons. The van der Waals surface area contributed by atoms with Crippen LogP contribution in [0.4, 0.5) is 8.78 Å². The molecule has 1 heterocycles. The summed E-state index contributed by atoms with van der Waals surface area (Å²) in [6, 6.07) is 12.3. The normalized spacial score (nSPS) is 16.1. The van der Waals surface area contributed by atoms with E-state index in [0.29, 0.717) is 5.56 Å². The molecule has 0 saturated carbocycles. The summed E-state index contributed by atoms with van der Waals surface area (Å²) < 4.78 is 55.4. The number of benzene rings is 1. The second-order valence-electron chi connectivity index (χ2n) is 9.80. The summed E-state index contributed by atoms with van der Waals surface area (Å²) >= 11 is 0. The van der Waals surface area contributed by atoms with Crippen LogP contribution in [0.15, 0.2) is 42.5 Å². The van der Waals surface area contributed by atoms with Crippen LogP contribution in [-0.4, -0.2) is 23.4 Å². The Hall–Kier alpha value is -1.31. The van der Waals surface area contributed by atoms with Gasteiger partial charge in [-0.05, 0) is 56.1 Å². The monoisotopic (exact) mass is 487 g/mol. The topological polar surface area (TPSA) is 60.7 Å². The maximum absolute atomic E-state index is 14.9.